The van der Waals surface area contributed by atoms with Crippen LogP contribution in [0.2, 0.25) is 5.02 Å². The topological polar surface area (TPSA) is 61.8 Å². The van der Waals surface area contributed by atoms with Crippen LogP contribution >= 0.6 is 11.6 Å². The van der Waals surface area contributed by atoms with Gasteiger partial charge in [0, 0.05) is 12.0 Å². The van der Waals surface area contributed by atoms with Gasteiger partial charge in [0.2, 0.25) is 0 Å². The van der Waals surface area contributed by atoms with Gasteiger partial charge in [0.05, 0.1) is 17.7 Å². The summed E-state index contributed by atoms with van der Waals surface area (Å²) in [4.78, 5) is 24.5. The Morgan fingerprint density at radius 1 is 1.19 bits per heavy atom. The van der Waals surface area contributed by atoms with Crippen LogP contribution in [0.3, 0.4) is 0 Å². The quantitative estimate of drug-likeness (QED) is 0.422. The molecule has 0 aliphatic carbocycles. The van der Waals surface area contributed by atoms with Crippen molar-refractivity contribution in [2.45, 2.75) is 32.0 Å². The number of carbonyl (C=O) groups excluding carboxylic acids is 2. The summed E-state index contributed by atoms with van der Waals surface area (Å²) in [6.07, 6.45) is -4.21. The molecule has 0 spiro atoms. The molecule has 9 heteroatoms. The van der Waals surface area contributed by atoms with Crippen LogP contribution in [0.25, 0.3) is 5.76 Å². The second-order valence-electron chi connectivity index (χ2n) is 6.74. The lowest BCUT2D eigenvalue weighted by atomic mass is 9.96. The molecule has 5 nitrogen and oxygen atoms in total. The summed E-state index contributed by atoms with van der Waals surface area (Å²) in [7, 11) is 1.18. The van der Waals surface area contributed by atoms with Crippen molar-refractivity contribution in [3.63, 3.8) is 0 Å². The molecule has 1 aliphatic rings. The number of benzene rings is 2. The predicted octanol–water partition coefficient (Wildman–Crippen LogP) is 5.80. The molecule has 1 heterocycles. The van der Waals surface area contributed by atoms with E-state index >= 15 is 0 Å². The standard InChI is InChI=1S/C22H18ClF3O5/c1-3-14-11-17(27)19(21(28)29-2)20(31-14)12-4-7-15(8-5-12)30-18-9-6-13(10-16(18)23)22(24,25)26/h4-10,14H,3,11H2,1-2H3. The number of halogens is 4. The molecule has 3 rings (SSSR count). The Bertz CT molecular complexity index is 1030. The van der Waals surface area contributed by atoms with Crippen molar-refractivity contribution in [3.05, 3.63) is 64.2 Å². The first kappa shape index (κ1) is 22.7. The maximum absolute atomic E-state index is 12.8. The number of hydrogen-bond donors (Lipinski definition) is 0. The van der Waals surface area contributed by atoms with Gasteiger partial charge in [-0.1, -0.05) is 18.5 Å². The second kappa shape index (κ2) is 9.01. The van der Waals surface area contributed by atoms with Crippen molar-refractivity contribution in [3.8, 4) is 11.5 Å². The fourth-order valence-electron chi connectivity index (χ4n) is 3.01. The number of methoxy groups -OCH3 is 1. The normalized spacial score (nSPS) is 16.7. The molecule has 0 N–H and O–H groups in total. The lowest BCUT2D eigenvalue weighted by Gasteiger charge is -2.26. The van der Waals surface area contributed by atoms with E-state index in [9.17, 15) is 22.8 Å². The lowest BCUT2D eigenvalue weighted by molar-refractivity contribution is -0.139. The predicted molar refractivity (Wildman–Crippen MR) is 107 cm³/mol. The fourth-order valence-corrected chi connectivity index (χ4v) is 3.23. The highest BCUT2D eigenvalue weighted by molar-refractivity contribution is 6.32. The van der Waals surface area contributed by atoms with E-state index in [0.717, 1.165) is 18.2 Å². The number of Topliss-reactive ketones (excluding diaryl/α,β-unsaturated/α-hetero) is 1. The summed E-state index contributed by atoms with van der Waals surface area (Å²) in [5, 5.41) is -0.193. The summed E-state index contributed by atoms with van der Waals surface area (Å²) >= 11 is 5.92. The second-order valence-corrected chi connectivity index (χ2v) is 7.15. The molecule has 0 saturated carbocycles. The molecule has 31 heavy (non-hydrogen) atoms. The molecule has 0 radical (unpaired) electrons. The van der Waals surface area contributed by atoms with Crippen LogP contribution in [0, 0.1) is 0 Å². The van der Waals surface area contributed by atoms with Crippen molar-refractivity contribution in [1.82, 2.24) is 0 Å². The number of esters is 1. The number of rotatable bonds is 5. The van der Waals surface area contributed by atoms with E-state index in [0.29, 0.717) is 17.7 Å². The van der Waals surface area contributed by atoms with Crippen LogP contribution in [0.15, 0.2) is 48.0 Å². The van der Waals surface area contributed by atoms with Gasteiger partial charge in [-0.15, -0.1) is 0 Å². The average molecular weight is 455 g/mol. The zero-order chi connectivity index (χ0) is 22.8. The highest BCUT2D eigenvalue weighted by Crippen LogP contribution is 2.37. The average Bonchev–Trinajstić information content (AvgIpc) is 2.73. The summed E-state index contributed by atoms with van der Waals surface area (Å²) < 4.78 is 54.4. The van der Waals surface area contributed by atoms with Gasteiger partial charge < -0.3 is 14.2 Å². The Morgan fingerprint density at radius 2 is 1.87 bits per heavy atom. The zero-order valence-corrected chi connectivity index (χ0v) is 17.3. The molecule has 2 aromatic carbocycles. The van der Waals surface area contributed by atoms with Crippen LogP contribution in [0.1, 0.15) is 30.9 Å². The van der Waals surface area contributed by atoms with E-state index in [1.165, 1.54) is 19.2 Å². The van der Waals surface area contributed by atoms with Crippen LogP contribution in [-0.4, -0.2) is 25.0 Å². The number of alkyl halides is 3. The van der Waals surface area contributed by atoms with Crippen molar-refractivity contribution in [2.75, 3.05) is 7.11 Å². The molecule has 1 unspecified atom stereocenters. The van der Waals surface area contributed by atoms with Gasteiger partial charge in [-0.3, -0.25) is 4.79 Å². The summed E-state index contributed by atoms with van der Waals surface area (Å²) in [6, 6.07) is 8.96. The third-order valence-electron chi connectivity index (χ3n) is 4.65. The monoisotopic (exact) mass is 454 g/mol. The van der Waals surface area contributed by atoms with Crippen molar-refractivity contribution < 1.29 is 37.0 Å². The molecule has 0 amide bonds. The van der Waals surface area contributed by atoms with E-state index in [4.69, 9.17) is 25.8 Å². The molecule has 0 aromatic heterocycles. The maximum atomic E-state index is 12.8. The third-order valence-corrected chi connectivity index (χ3v) is 4.95. The molecular weight excluding hydrogens is 437 g/mol. The number of hydrogen-bond acceptors (Lipinski definition) is 5. The largest absolute Gasteiger partial charge is 0.488 e. The van der Waals surface area contributed by atoms with Gasteiger partial charge in [0.1, 0.15) is 28.9 Å². The number of ether oxygens (including phenoxy) is 3. The Labute approximate surface area is 181 Å². The molecule has 1 aliphatic heterocycles. The minimum absolute atomic E-state index is 0.0482. The Balaban J connectivity index is 1.88. The van der Waals surface area contributed by atoms with Crippen molar-refractivity contribution in [1.29, 1.82) is 0 Å². The van der Waals surface area contributed by atoms with Gasteiger partial charge in [-0.25, -0.2) is 4.79 Å². The Hall–Kier alpha value is -3.00. The van der Waals surface area contributed by atoms with Crippen LogP contribution in [-0.2, 0) is 25.2 Å². The highest BCUT2D eigenvalue weighted by Gasteiger charge is 2.34. The SMILES string of the molecule is CCC1CC(=O)C(C(=O)OC)=C(c2ccc(Oc3ccc(C(F)(F)F)cc3Cl)cc2)O1. The van der Waals surface area contributed by atoms with E-state index in [-0.39, 0.29) is 40.4 Å². The first-order chi connectivity index (χ1) is 14.6. The Kier molecular flexibility index (Phi) is 6.59. The maximum Gasteiger partial charge on any atom is 0.416 e. The summed E-state index contributed by atoms with van der Waals surface area (Å²) in [5.74, 6) is -0.691. The van der Waals surface area contributed by atoms with Gasteiger partial charge in [-0.2, -0.15) is 13.2 Å². The molecule has 164 valence electrons. The molecular formula is C22H18ClF3O5. The zero-order valence-electron chi connectivity index (χ0n) is 16.6. The van der Waals surface area contributed by atoms with Crippen LogP contribution < -0.4 is 4.74 Å². The van der Waals surface area contributed by atoms with E-state index in [1.807, 2.05) is 6.92 Å². The molecule has 2 aromatic rings. The number of carbonyl (C=O) groups is 2. The van der Waals surface area contributed by atoms with E-state index in [2.05, 4.69) is 0 Å². The minimum atomic E-state index is -4.51. The first-order valence-corrected chi connectivity index (χ1v) is 9.69. The van der Waals surface area contributed by atoms with Gasteiger partial charge >= 0.3 is 12.1 Å². The van der Waals surface area contributed by atoms with Gasteiger partial charge in [0.25, 0.3) is 0 Å². The lowest BCUT2D eigenvalue weighted by Crippen LogP contribution is -2.29. The minimum Gasteiger partial charge on any atom is -0.488 e. The third kappa shape index (κ3) is 5.02. The van der Waals surface area contributed by atoms with Crippen LogP contribution in [0.4, 0.5) is 13.2 Å². The number of ketones is 1. The summed E-state index contributed by atoms with van der Waals surface area (Å²) in [5.41, 5.74) is -0.587. The molecule has 0 saturated heterocycles. The summed E-state index contributed by atoms with van der Waals surface area (Å²) in [6.45, 7) is 1.86. The van der Waals surface area contributed by atoms with Crippen LogP contribution in [0.5, 0.6) is 11.5 Å². The Morgan fingerprint density at radius 3 is 2.42 bits per heavy atom. The van der Waals surface area contributed by atoms with Gasteiger partial charge in [-0.05, 0) is 48.9 Å². The molecule has 0 bridgehead atoms. The smallest absolute Gasteiger partial charge is 0.416 e. The molecule has 0 fully saturated rings. The van der Waals surface area contributed by atoms with Gasteiger partial charge in [0.15, 0.2) is 5.78 Å². The van der Waals surface area contributed by atoms with E-state index in [1.54, 1.807) is 12.1 Å². The van der Waals surface area contributed by atoms with E-state index < -0.39 is 17.7 Å². The first-order valence-electron chi connectivity index (χ1n) is 9.31. The van der Waals surface area contributed by atoms with Crippen molar-refractivity contribution in [2.24, 2.45) is 0 Å². The highest BCUT2D eigenvalue weighted by atomic mass is 35.5. The fraction of sp³-hybridized carbons (Fsp3) is 0.273. The van der Waals surface area contributed by atoms with Crippen molar-refractivity contribution >= 4 is 29.1 Å². The molecule has 1 atom stereocenters.